The molecule has 2 rings (SSSR count). The third kappa shape index (κ3) is 5.19. The van der Waals surface area contributed by atoms with Crippen LogP contribution in [-0.4, -0.2) is 27.9 Å². The van der Waals surface area contributed by atoms with Crippen LogP contribution in [0.15, 0.2) is 40.5 Å². The van der Waals surface area contributed by atoms with E-state index < -0.39 is 5.25 Å². The summed E-state index contributed by atoms with van der Waals surface area (Å²) in [4.78, 5) is 24.0. The predicted octanol–water partition coefficient (Wildman–Crippen LogP) is 3.02. The van der Waals surface area contributed by atoms with Gasteiger partial charge in [0, 0.05) is 23.2 Å². The molecule has 1 aromatic carbocycles. The smallest absolute Gasteiger partial charge is 0.240 e. The van der Waals surface area contributed by atoms with Gasteiger partial charge in [-0.15, -0.1) is 5.10 Å². The number of anilines is 1. The Morgan fingerprint density at radius 1 is 1.29 bits per heavy atom. The molecule has 1 fully saturated rings. The fourth-order valence-corrected chi connectivity index (χ4v) is 2.68. The van der Waals surface area contributed by atoms with Gasteiger partial charge < -0.3 is 10.6 Å². The lowest BCUT2D eigenvalue weighted by atomic mass is 9.91. The van der Waals surface area contributed by atoms with Crippen LogP contribution in [0.5, 0.6) is 0 Å². The molecule has 7 heteroatoms. The molecule has 1 heterocycles. The average Bonchev–Trinajstić information content (AvgIpc) is 2.84. The van der Waals surface area contributed by atoms with Crippen LogP contribution in [0.4, 0.5) is 5.69 Å². The summed E-state index contributed by atoms with van der Waals surface area (Å²) in [7, 11) is 0. The van der Waals surface area contributed by atoms with Crippen molar-refractivity contribution in [3.63, 3.8) is 0 Å². The second-order valence-electron chi connectivity index (χ2n) is 6.55. The highest BCUT2D eigenvalue weighted by atomic mass is 32.2. The van der Waals surface area contributed by atoms with Crippen LogP contribution in [0, 0.1) is 5.41 Å². The van der Waals surface area contributed by atoms with Crippen molar-refractivity contribution >= 4 is 40.1 Å². The predicted molar refractivity (Wildman–Crippen MR) is 99.2 cm³/mol. The number of nitrogens with one attached hydrogen (secondary N) is 2. The van der Waals surface area contributed by atoms with Gasteiger partial charge in [0.15, 0.2) is 5.17 Å². The maximum atomic E-state index is 12.0. The normalized spacial score (nSPS) is 20.2. The fourth-order valence-electron chi connectivity index (χ4n) is 1.76. The number of thioether (sulfide) groups is 1. The lowest BCUT2D eigenvalue weighted by Crippen LogP contribution is -2.28. The Morgan fingerprint density at radius 2 is 1.96 bits per heavy atom. The summed E-state index contributed by atoms with van der Waals surface area (Å²) >= 11 is 1.23. The van der Waals surface area contributed by atoms with Crippen molar-refractivity contribution < 1.29 is 9.59 Å². The maximum Gasteiger partial charge on any atom is 0.240 e. The quantitative estimate of drug-likeness (QED) is 0.649. The third-order valence-corrected chi connectivity index (χ3v) is 4.65. The summed E-state index contributed by atoms with van der Waals surface area (Å²) in [5, 5.41) is 13.6. The molecule has 1 aliphatic heterocycles. The van der Waals surface area contributed by atoms with E-state index in [1.807, 2.05) is 45.9 Å². The van der Waals surface area contributed by atoms with E-state index in [0.29, 0.717) is 10.9 Å². The first-order valence-corrected chi connectivity index (χ1v) is 8.59. The first kappa shape index (κ1) is 18.2. The first-order chi connectivity index (χ1) is 11.3. The number of hydrogen-bond acceptors (Lipinski definition) is 5. The third-order valence-electron chi connectivity index (χ3n) is 3.58. The zero-order chi connectivity index (χ0) is 17.7. The minimum Gasteiger partial charge on any atom is -0.326 e. The number of amides is 2. The van der Waals surface area contributed by atoms with Crippen molar-refractivity contribution in [2.24, 2.45) is 15.6 Å². The van der Waals surface area contributed by atoms with Crippen LogP contribution in [0.1, 0.15) is 34.1 Å². The molecular weight excluding hydrogens is 324 g/mol. The van der Waals surface area contributed by atoms with E-state index in [9.17, 15) is 9.59 Å². The highest BCUT2D eigenvalue weighted by Crippen LogP contribution is 2.23. The molecule has 0 spiro atoms. The molecule has 6 nitrogen and oxygen atoms in total. The van der Waals surface area contributed by atoms with Crippen LogP contribution in [0.25, 0.3) is 0 Å². The largest absolute Gasteiger partial charge is 0.326 e. The maximum absolute atomic E-state index is 12.0. The number of rotatable bonds is 4. The standard InChI is InChI=1S/C17H22N4O2S/c1-11(17(2,3)4)20-21-16-19-15(23)13(24-16)10-14(22)18-12-8-6-5-7-9-12/h5-9,13H,10H2,1-4H3,(H,18,22)(H,19,21,23)/b20-11-. The Morgan fingerprint density at radius 3 is 2.58 bits per heavy atom. The summed E-state index contributed by atoms with van der Waals surface area (Å²) in [6, 6.07) is 9.16. The second kappa shape index (κ2) is 7.61. The molecule has 0 saturated carbocycles. The van der Waals surface area contributed by atoms with Crippen LogP contribution in [0.2, 0.25) is 0 Å². The second-order valence-corrected chi connectivity index (χ2v) is 7.75. The minimum atomic E-state index is -0.488. The number of benzene rings is 1. The average molecular weight is 346 g/mol. The lowest BCUT2D eigenvalue weighted by molar-refractivity contribution is -0.122. The van der Waals surface area contributed by atoms with E-state index >= 15 is 0 Å². The molecular formula is C17H22N4O2S. The summed E-state index contributed by atoms with van der Waals surface area (Å²) in [5.74, 6) is -0.421. The number of nitrogens with zero attached hydrogens (tertiary/aromatic N) is 2. The van der Waals surface area contributed by atoms with Crippen LogP contribution >= 0.6 is 11.8 Å². The van der Waals surface area contributed by atoms with Crippen molar-refractivity contribution in [2.45, 2.75) is 39.4 Å². The molecule has 0 aliphatic carbocycles. The van der Waals surface area contributed by atoms with Gasteiger partial charge >= 0.3 is 0 Å². The molecule has 1 unspecified atom stereocenters. The van der Waals surface area contributed by atoms with E-state index in [0.717, 1.165) is 5.71 Å². The molecule has 1 saturated heterocycles. The molecule has 128 valence electrons. The van der Waals surface area contributed by atoms with Crippen LogP contribution in [0.3, 0.4) is 0 Å². The number of carbonyl (C=O) groups is 2. The molecule has 1 aromatic rings. The molecule has 1 atom stereocenters. The number of amidine groups is 1. The summed E-state index contributed by atoms with van der Waals surface area (Å²) in [6.45, 7) is 8.03. The highest BCUT2D eigenvalue weighted by molar-refractivity contribution is 8.15. The fraction of sp³-hybridized carbons (Fsp3) is 0.412. The molecule has 24 heavy (non-hydrogen) atoms. The summed E-state index contributed by atoms with van der Waals surface area (Å²) in [6.07, 6.45) is 0.0897. The molecule has 0 radical (unpaired) electrons. The van der Waals surface area contributed by atoms with Gasteiger partial charge in [0.2, 0.25) is 11.8 Å². The molecule has 1 aliphatic rings. The molecule has 2 N–H and O–H groups in total. The topological polar surface area (TPSA) is 82.9 Å². The summed E-state index contributed by atoms with van der Waals surface area (Å²) in [5.41, 5.74) is 1.51. The molecule has 0 aromatic heterocycles. The van der Waals surface area contributed by atoms with Crippen molar-refractivity contribution in [1.82, 2.24) is 5.32 Å². The summed E-state index contributed by atoms with van der Waals surface area (Å²) < 4.78 is 0. The molecule has 0 bridgehead atoms. The monoisotopic (exact) mass is 346 g/mol. The Kier molecular flexibility index (Phi) is 5.77. The van der Waals surface area contributed by atoms with E-state index in [1.54, 1.807) is 12.1 Å². The van der Waals surface area contributed by atoms with Gasteiger partial charge in [0.1, 0.15) is 5.25 Å². The lowest BCUT2D eigenvalue weighted by Gasteiger charge is -2.16. The number of para-hydroxylation sites is 1. The Hall–Kier alpha value is -2.15. The van der Waals surface area contributed by atoms with E-state index in [1.165, 1.54) is 11.8 Å². The Bertz CT molecular complexity index is 678. The first-order valence-electron chi connectivity index (χ1n) is 7.71. The van der Waals surface area contributed by atoms with Gasteiger partial charge in [-0.25, -0.2) is 0 Å². The van der Waals surface area contributed by atoms with Gasteiger partial charge in [0.05, 0.1) is 0 Å². The van der Waals surface area contributed by atoms with Crippen molar-refractivity contribution in [1.29, 1.82) is 0 Å². The van der Waals surface area contributed by atoms with Crippen molar-refractivity contribution in [3.8, 4) is 0 Å². The van der Waals surface area contributed by atoms with Crippen LogP contribution in [-0.2, 0) is 9.59 Å². The zero-order valence-corrected chi connectivity index (χ0v) is 15.1. The number of carbonyl (C=O) groups excluding carboxylic acids is 2. The van der Waals surface area contributed by atoms with Gasteiger partial charge in [-0.05, 0) is 19.1 Å². The van der Waals surface area contributed by atoms with Crippen molar-refractivity contribution in [2.75, 3.05) is 5.32 Å². The van der Waals surface area contributed by atoms with Gasteiger partial charge in [-0.3, -0.25) is 9.59 Å². The van der Waals surface area contributed by atoms with Crippen molar-refractivity contribution in [3.05, 3.63) is 30.3 Å². The van der Waals surface area contributed by atoms with E-state index in [2.05, 4.69) is 20.8 Å². The Balaban J connectivity index is 1.94. The zero-order valence-electron chi connectivity index (χ0n) is 14.3. The Labute approximate surface area is 146 Å². The van der Waals surface area contributed by atoms with E-state index in [-0.39, 0.29) is 23.7 Å². The van der Waals surface area contributed by atoms with E-state index in [4.69, 9.17) is 0 Å². The SMILES string of the molecule is C/C(=N/N=C1\NC(=O)C(CC(=O)Nc2ccccc2)S1)C(C)(C)C. The highest BCUT2D eigenvalue weighted by Gasteiger charge is 2.32. The van der Waals surface area contributed by atoms with Crippen LogP contribution < -0.4 is 10.6 Å². The number of hydrogen-bond donors (Lipinski definition) is 2. The van der Waals surface area contributed by atoms with Gasteiger partial charge in [-0.2, -0.15) is 5.10 Å². The van der Waals surface area contributed by atoms with Gasteiger partial charge in [0.25, 0.3) is 0 Å². The minimum absolute atomic E-state index is 0.0771. The van der Waals surface area contributed by atoms with Gasteiger partial charge in [-0.1, -0.05) is 50.7 Å². The molecule has 2 amide bonds.